The number of hydrogen-bond acceptors (Lipinski definition) is 6. The summed E-state index contributed by atoms with van der Waals surface area (Å²) in [5, 5.41) is 7.99. The zero-order valence-electron chi connectivity index (χ0n) is 15.8. The van der Waals surface area contributed by atoms with Crippen LogP contribution in [0.15, 0.2) is 24.4 Å². The van der Waals surface area contributed by atoms with Crippen LogP contribution >= 0.6 is 11.3 Å². The van der Waals surface area contributed by atoms with E-state index in [2.05, 4.69) is 18.8 Å². The van der Waals surface area contributed by atoms with Gasteiger partial charge in [-0.05, 0) is 23.6 Å². The standard InChI is InChI=1S/C20H24N4O2S/c1-12(2)11-24(3)20(25)19-23-18-15-5-4-13(14(9-21)10-22)8-16(15)26-7-6-17(18)27-19/h4-5,8-10,12,21H,6-7,11,22H2,1-3H3/b14-10+,21-9?. The molecule has 27 heavy (non-hydrogen) atoms. The highest BCUT2D eigenvalue weighted by atomic mass is 32.1. The minimum atomic E-state index is -0.0435. The smallest absolute Gasteiger partial charge is 0.282 e. The lowest BCUT2D eigenvalue weighted by Crippen LogP contribution is -2.30. The summed E-state index contributed by atoms with van der Waals surface area (Å²) in [4.78, 5) is 20.2. The van der Waals surface area contributed by atoms with Crippen LogP contribution in [0.25, 0.3) is 16.8 Å². The molecule has 3 N–H and O–H groups in total. The molecule has 142 valence electrons. The Labute approximate surface area is 163 Å². The molecule has 1 aliphatic heterocycles. The summed E-state index contributed by atoms with van der Waals surface area (Å²) >= 11 is 1.45. The van der Waals surface area contributed by atoms with Gasteiger partial charge in [0.1, 0.15) is 5.75 Å². The Kier molecular flexibility index (Phi) is 5.60. The highest BCUT2D eigenvalue weighted by Gasteiger charge is 2.25. The van der Waals surface area contributed by atoms with Gasteiger partial charge in [0.15, 0.2) is 5.01 Å². The van der Waals surface area contributed by atoms with Crippen LogP contribution in [0.5, 0.6) is 5.75 Å². The molecule has 2 aromatic rings. The molecule has 0 saturated heterocycles. The van der Waals surface area contributed by atoms with Gasteiger partial charge in [0.05, 0.1) is 12.3 Å². The first-order chi connectivity index (χ1) is 12.9. The first-order valence-electron chi connectivity index (χ1n) is 8.89. The molecule has 0 spiro atoms. The molecule has 7 heteroatoms. The Bertz CT molecular complexity index is 901. The maximum absolute atomic E-state index is 12.7. The normalized spacial score (nSPS) is 13.4. The average molecular weight is 385 g/mol. The van der Waals surface area contributed by atoms with E-state index in [9.17, 15) is 4.79 Å². The van der Waals surface area contributed by atoms with Gasteiger partial charge in [-0.15, -0.1) is 11.3 Å². The number of hydrogen-bond donors (Lipinski definition) is 2. The molecule has 1 amide bonds. The van der Waals surface area contributed by atoms with Gasteiger partial charge in [0, 0.05) is 48.4 Å². The third kappa shape index (κ3) is 3.88. The van der Waals surface area contributed by atoms with E-state index in [4.69, 9.17) is 15.9 Å². The van der Waals surface area contributed by atoms with Crippen molar-refractivity contribution in [3.05, 3.63) is 39.8 Å². The molecule has 0 fully saturated rings. The van der Waals surface area contributed by atoms with Crippen LogP contribution in [-0.2, 0) is 6.42 Å². The second-order valence-electron chi connectivity index (χ2n) is 6.95. The van der Waals surface area contributed by atoms with Crippen molar-refractivity contribution >= 4 is 29.0 Å². The third-order valence-corrected chi connectivity index (χ3v) is 5.46. The number of fused-ring (bicyclic) bond motifs is 3. The van der Waals surface area contributed by atoms with Crippen molar-refractivity contribution in [1.82, 2.24) is 9.88 Å². The molecule has 2 heterocycles. The van der Waals surface area contributed by atoms with Crippen LogP contribution in [0.2, 0.25) is 0 Å². The maximum Gasteiger partial charge on any atom is 0.282 e. The molecular formula is C20H24N4O2S. The monoisotopic (exact) mass is 384 g/mol. The van der Waals surface area contributed by atoms with Gasteiger partial charge in [-0.25, -0.2) is 4.98 Å². The minimum absolute atomic E-state index is 0.0435. The predicted molar refractivity (Wildman–Crippen MR) is 109 cm³/mol. The highest BCUT2D eigenvalue weighted by Crippen LogP contribution is 2.39. The van der Waals surface area contributed by atoms with Crippen LogP contribution in [0.1, 0.15) is 34.1 Å². The van der Waals surface area contributed by atoms with E-state index in [0.29, 0.717) is 41.8 Å². The first kappa shape index (κ1) is 19.1. The predicted octanol–water partition coefficient (Wildman–Crippen LogP) is 3.42. The molecule has 0 saturated carbocycles. The molecule has 0 atom stereocenters. The quantitative estimate of drug-likeness (QED) is 0.773. The van der Waals surface area contributed by atoms with E-state index >= 15 is 0 Å². The zero-order chi connectivity index (χ0) is 19.6. The molecule has 1 aromatic carbocycles. The number of benzene rings is 1. The topological polar surface area (TPSA) is 92.3 Å². The molecule has 0 bridgehead atoms. The highest BCUT2D eigenvalue weighted by molar-refractivity contribution is 7.14. The van der Waals surface area contributed by atoms with Crippen LogP contribution in [0.3, 0.4) is 0 Å². The fourth-order valence-corrected chi connectivity index (χ4v) is 4.17. The average Bonchev–Trinajstić information content (AvgIpc) is 2.98. The molecule has 6 nitrogen and oxygen atoms in total. The number of nitrogens with two attached hydrogens (primary N) is 1. The number of nitrogens with one attached hydrogen (secondary N) is 1. The lowest BCUT2D eigenvalue weighted by Gasteiger charge is -2.17. The zero-order valence-corrected chi connectivity index (χ0v) is 16.6. The lowest BCUT2D eigenvalue weighted by molar-refractivity contribution is 0.0779. The summed E-state index contributed by atoms with van der Waals surface area (Å²) in [7, 11) is 1.82. The van der Waals surface area contributed by atoms with E-state index in [1.165, 1.54) is 23.8 Å². The van der Waals surface area contributed by atoms with Crippen molar-refractivity contribution in [2.24, 2.45) is 11.7 Å². The van der Waals surface area contributed by atoms with E-state index in [-0.39, 0.29) is 5.91 Å². The summed E-state index contributed by atoms with van der Waals surface area (Å²) in [6.45, 7) is 5.39. The molecule has 0 radical (unpaired) electrons. The van der Waals surface area contributed by atoms with Gasteiger partial charge >= 0.3 is 0 Å². The Balaban J connectivity index is 1.98. The molecule has 1 aromatic heterocycles. The number of thiazole rings is 1. The van der Waals surface area contributed by atoms with Crippen molar-refractivity contribution in [3.63, 3.8) is 0 Å². The number of allylic oxidation sites excluding steroid dienone is 1. The van der Waals surface area contributed by atoms with Gasteiger partial charge in [0.2, 0.25) is 0 Å². The fraction of sp³-hybridized carbons (Fsp3) is 0.350. The summed E-state index contributed by atoms with van der Waals surface area (Å²) in [6.07, 6.45) is 3.33. The Morgan fingerprint density at radius 2 is 2.26 bits per heavy atom. The number of aromatic nitrogens is 1. The maximum atomic E-state index is 12.7. The van der Waals surface area contributed by atoms with E-state index in [1.807, 2.05) is 25.2 Å². The SMILES string of the molecule is CC(C)CN(C)C(=O)c1nc2c(s1)CCOc1cc(/C(C=N)=C/N)ccc1-2. The van der Waals surface area contributed by atoms with Crippen molar-refractivity contribution < 1.29 is 9.53 Å². The number of rotatable bonds is 5. The van der Waals surface area contributed by atoms with Crippen molar-refractivity contribution in [3.8, 4) is 17.0 Å². The minimum Gasteiger partial charge on any atom is -0.492 e. The fourth-order valence-electron chi connectivity index (χ4n) is 3.12. The van der Waals surface area contributed by atoms with Crippen LogP contribution in [0, 0.1) is 11.3 Å². The first-order valence-corrected chi connectivity index (χ1v) is 9.71. The Morgan fingerprint density at radius 3 is 2.93 bits per heavy atom. The molecule has 0 unspecified atom stereocenters. The number of ether oxygens (including phenoxy) is 1. The van der Waals surface area contributed by atoms with Crippen LogP contribution in [0.4, 0.5) is 0 Å². The van der Waals surface area contributed by atoms with Crippen molar-refractivity contribution in [2.75, 3.05) is 20.2 Å². The molecular weight excluding hydrogens is 360 g/mol. The van der Waals surface area contributed by atoms with Crippen LogP contribution < -0.4 is 10.5 Å². The van der Waals surface area contributed by atoms with Crippen LogP contribution in [-0.4, -0.2) is 42.2 Å². The third-order valence-electron chi connectivity index (χ3n) is 4.36. The molecule has 3 rings (SSSR count). The number of nitrogens with zero attached hydrogens (tertiary/aromatic N) is 2. The molecule has 1 aliphatic rings. The lowest BCUT2D eigenvalue weighted by atomic mass is 10.0. The summed E-state index contributed by atoms with van der Waals surface area (Å²) in [5.41, 5.74) is 8.71. The number of carbonyl (C=O) groups excluding carboxylic acids is 1. The van der Waals surface area contributed by atoms with Gasteiger partial charge in [-0.1, -0.05) is 19.9 Å². The number of carbonyl (C=O) groups is 1. The van der Waals surface area contributed by atoms with Gasteiger partial charge < -0.3 is 20.8 Å². The molecule has 0 aliphatic carbocycles. The summed E-state index contributed by atoms with van der Waals surface area (Å²) < 4.78 is 5.90. The van der Waals surface area contributed by atoms with Gasteiger partial charge in [0.25, 0.3) is 5.91 Å². The second kappa shape index (κ2) is 7.92. The Hall–Kier alpha value is -2.67. The van der Waals surface area contributed by atoms with Crippen molar-refractivity contribution in [1.29, 1.82) is 5.41 Å². The van der Waals surface area contributed by atoms with Gasteiger partial charge in [-0.3, -0.25) is 4.79 Å². The largest absolute Gasteiger partial charge is 0.492 e. The van der Waals surface area contributed by atoms with Gasteiger partial charge in [-0.2, -0.15) is 0 Å². The summed E-state index contributed by atoms with van der Waals surface area (Å²) in [6, 6.07) is 5.69. The van der Waals surface area contributed by atoms with E-state index < -0.39 is 0 Å². The second-order valence-corrected chi connectivity index (χ2v) is 8.03. The van der Waals surface area contributed by atoms with Crippen molar-refractivity contribution in [2.45, 2.75) is 20.3 Å². The summed E-state index contributed by atoms with van der Waals surface area (Å²) in [5.74, 6) is 1.06. The van der Waals surface area contributed by atoms with E-state index in [1.54, 1.807) is 4.90 Å². The Morgan fingerprint density at radius 1 is 1.48 bits per heavy atom. The van der Waals surface area contributed by atoms with E-state index in [0.717, 1.165) is 21.7 Å². The number of amides is 1.